The average Bonchev–Trinajstić information content (AvgIpc) is 2.45. The summed E-state index contributed by atoms with van der Waals surface area (Å²) in [5.74, 6) is 0.221. The summed E-state index contributed by atoms with van der Waals surface area (Å²) in [6, 6.07) is 11.3. The number of rotatable bonds is 5. The lowest BCUT2D eigenvalue weighted by Crippen LogP contribution is -2.06. The molecule has 0 aromatic heterocycles. The summed E-state index contributed by atoms with van der Waals surface area (Å²) in [6.45, 7) is 0. The molecule has 1 unspecified atom stereocenters. The van der Waals surface area contributed by atoms with Crippen molar-refractivity contribution in [3.05, 3.63) is 63.2 Å². The standard InChI is InChI=1S/C14H13ClN2O3S/c15-11-5-3-6-12(16)14(11)21(20)9-8-10-4-1-2-7-13(10)17(18)19/h1-7H,8-9,16H2. The molecule has 5 nitrogen and oxygen atoms in total. The summed E-state index contributed by atoms with van der Waals surface area (Å²) in [4.78, 5) is 10.9. The van der Waals surface area contributed by atoms with Crippen LogP contribution in [0.1, 0.15) is 5.56 Å². The molecular weight excluding hydrogens is 312 g/mol. The molecule has 0 radical (unpaired) electrons. The number of halogens is 1. The fourth-order valence-electron chi connectivity index (χ4n) is 1.97. The Bertz CT molecular complexity index is 686. The maximum absolute atomic E-state index is 12.3. The summed E-state index contributed by atoms with van der Waals surface area (Å²) in [7, 11) is -1.41. The van der Waals surface area contributed by atoms with E-state index in [-0.39, 0.29) is 11.4 Å². The van der Waals surface area contributed by atoms with Crippen LogP contribution in [0.25, 0.3) is 0 Å². The smallest absolute Gasteiger partial charge is 0.272 e. The molecule has 21 heavy (non-hydrogen) atoms. The van der Waals surface area contributed by atoms with Crippen LogP contribution in [0.5, 0.6) is 0 Å². The third-order valence-corrected chi connectivity index (χ3v) is 4.88. The van der Waals surface area contributed by atoms with Crippen molar-refractivity contribution < 1.29 is 9.13 Å². The molecule has 2 aromatic rings. The fourth-order valence-corrected chi connectivity index (χ4v) is 3.64. The number of anilines is 1. The molecule has 2 N–H and O–H groups in total. The average molecular weight is 325 g/mol. The van der Waals surface area contributed by atoms with Gasteiger partial charge in [0.15, 0.2) is 0 Å². The monoisotopic (exact) mass is 324 g/mol. The van der Waals surface area contributed by atoms with E-state index in [0.717, 1.165) is 0 Å². The predicted octanol–water partition coefficient (Wildman–Crippen LogP) is 3.18. The summed E-state index contributed by atoms with van der Waals surface area (Å²) in [5, 5.41) is 11.3. The molecule has 110 valence electrons. The van der Waals surface area contributed by atoms with Gasteiger partial charge in [0.25, 0.3) is 5.69 Å². The summed E-state index contributed by atoms with van der Waals surface area (Å²) in [6.07, 6.45) is 0.314. The first-order valence-electron chi connectivity index (χ1n) is 6.15. The summed E-state index contributed by atoms with van der Waals surface area (Å²) < 4.78 is 12.3. The zero-order chi connectivity index (χ0) is 15.4. The largest absolute Gasteiger partial charge is 0.398 e. The number of aryl methyl sites for hydroxylation is 1. The number of nitro groups is 1. The quantitative estimate of drug-likeness (QED) is 0.520. The predicted molar refractivity (Wildman–Crippen MR) is 83.9 cm³/mol. The van der Waals surface area contributed by atoms with Crippen molar-refractivity contribution in [2.45, 2.75) is 11.3 Å². The topological polar surface area (TPSA) is 86.2 Å². The molecule has 0 heterocycles. The minimum Gasteiger partial charge on any atom is -0.398 e. The highest BCUT2D eigenvalue weighted by molar-refractivity contribution is 7.85. The third-order valence-electron chi connectivity index (χ3n) is 2.97. The van der Waals surface area contributed by atoms with Crippen LogP contribution < -0.4 is 5.73 Å². The van der Waals surface area contributed by atoms with Crippen LogP contribution in [0.4, 0.5) is 11.4 Å². The van der Waals surface area contributed by atoms with Gasteiger partial charge in [0.2, 0.25) is 0 Å². The molecular formula is C14H13ClN2O3S. The molecule has 0 aliphatic heterocycles. The number of para-hydroxylation sites is 1. The van der Waals surface area contributed by atoms with E-state index in [9.17, 15) is 14.3 Å². The summed E-state index contributed by atoms with van der Waals surface area (Å²) in [5.41, 5.74) is 6.72. The Balaban J connectivity index is 2.17. The second-order valence-corrected chi connectivity index (χ2v) is 6.26. The van der Waals surface area contributed by atoms with Crippen LogP contribution in [-0.2, 0) is 17.2 Å². The minimum atomic E-state index is -1.41. The Labute approximate surface area is 129 Å². The van der Waals surface area contributed by atoms with Gasteiger partial charge in [0.1, 0.15) is 0 Å². The second-order valence-electron chi connectivity index (χ2n) is 4.34. The Hall–Kier alpha value is -1.92. The number of benzene rings is 2. The highest BCUT2D eigenvalue weighted by Gasteiger charge is 2.16. The van der Waals surface area contributed by atoms with Crippen molar-refractivity contribution in [3.8, 4) is 0 Å². The highest BCUT2D eigenvalue weighted by Crippen LogP contribution is 2.27. The molecule has 0 aliphatic rings. The number of hydrogen-bond acceptors (Lipinski definition) is 4. The number of nitrogens with zero attached hydrogens (tertiary/aromatic N) is 1. The van der Waals surface area contributed by atoms with Crippen molar-refractivity contribution in [2.24, 2.45) is 0 Å². The first kappa shape index (κ1) is 15.5. The van der Waals surface area contributed by atoms with Gasteiger partial charge >= 0.3 is 0 Å². The van der Waals surface area contributed by atoms with Crippen LogP contribution in [0.15, 0.2) is 47.4 Å². The molecule has 2 aromatic carbocycles. The van der Waals surface area contributed by atoms with E-state index in [1.54, 1.807) is 36.4 Å². The van der Waals surface area contributed by atoms with Crippen LogP contribution >= 0.6 is 11.6 Å². The van der Waals surface area contributed by atoms with E-state index in [0.29, 0.717) is 27.6 Å². The lowest BCUT2D eigenvalue weighted by atomic mass is 10.1. The van der Waals surface area contributed by atoms with E-state index in [1.807, 2.05) is 0 Å². The normalized spacial score (nSPS) is 12.0. The molecule has 0 saturated carbocycles. The Kier molecular flexibility index (Phi) is 4.93. The molecule has 0 spiro atoms. The second kappa shape index (κ2) is 6.69. The van der Waals surface area contributed by atoms with Crippen LogP contribution in [0.3, 0.4) is 0 Å². The van der Waals surface area contributed by atoms with Gasteiger partial charge in [0.05, 0.1) is 25.6 Å². The van der Waals surface area contributed by atoms with Crippen molar-refractivity contribution >= 4 is 33.8 Å². The lowest BCUT2D eigenvalue weighted by molar-refractivity contribution is -0.385. The van der Waals surface area contributed by atoms with Crippen LogP contribution in [0, 0.1) is 10.1 Å². The molecule has 2 rings (SSSR count). The molecule has 0 amide bonds. The molecule has 0 saturated heterocycles. The fraction of sp³-hybridized carbons (Fsp3) is 0.143. The number of hydrogen-bond donors (Lipinski definition) is 1. The Morgan fingerprint density at radius 2 is 1.90 bits per heavy atom. The maximum Gasteiger partial charge on any atom is 0.272 e. The minimum absolute atomic E-state index is 0.0293. The summed E-state index contributed by atoms with van der Waals surface area (Å²) >= 11 is 6.01. The van der Waals surface area contributed by atoms with Crippen LogP contribution in [-0.4, -0.2) is 14.9 Å². The SMILES string of the molecule is Nc1cccc(Cl)c1S(=O)CCc1ccccc1[N+](=O)[O-]. The van der Waals surface area contributed by atoms with Gasteiger partial charge < -0.3 is 5.73 Å². The van der Waals surface area contributed by atoms with Crippen molar-refractivity contribution in [3.63, 3.8) is 0 Å². The van der Waals surface area contributed by atoms with Gasteiger partial charge in [-0.15, -0.1) is 0 Å². The van der Waals surface area contributed by atoms with E-state index in [1.165, 1.54) is 6.07 Å². The van der Waals surface area contributed by atoms with Crippen LogP contribution in [0.2, 0.25) is 5.02 Å². The highest BCUT2D eigenvalue weighted by atomic mass is 35.5. The zero-order valence-corrected chi connectivity index (χ0v) is 12.6. The Morgan fingerprint density at radius 3 is 2.57 bits per heavy atom. The van der Waals surface area contributed by atoms with E-state index in [4.69, 9.17) is 17.3 Å². The van der Waals surface area contributed by atoms with Gasteiger partial charge in [-0.3, -0.25) is 14.3 Å². The zero-order valence-electron chi connectivity index (χ0n) is 11.0. The van der Waals surface area contributed by atoms with Gasteiger partial charge in [-0.05, 0) is 18.6 Å². The van der Waals surface area contributed by atoms with Gasteiger partial charge in [-0.1, -0.05) is 35.9 Å². The van der Waals surface area contributed by atoms with Gasteiger partial charge in [0, 0.05) is 23.1 Å². The Morgan fingerprint density at radius 1 is 1.19 bits per heavy atom. The number of nitrogen functional groups attached to an aromatic ring is 1. The first-order chi connectivity index (χ1) is 10.0. The number of nitro benzene ring substituents is 1. The lowest BCUT2D eigenvalue weighted by Gasteiger charge is -2.08. The molecule has 0 fully saturated rings. The first-order valence-corrected chi connectivity index (χ1v) is 7.85. The van der Waals surface area contributed by atoms with Crippen molar-refractivity contribution in [2.75, 3.05) is 11.5 Å². The molecule has 0 aliphatic carbocycles. The van der Waals surface area contributed by atoms with Crippen molar-refractivity contribution in [1.29, 1.82) is 0 Å². The molecule has 7 heteroatoms. The third kappa shape index (κ3) is 3.59. The number of nitrogens with two attached hydrogens (primary N) is 1. The molecule has 0 bridgehead atoms. The van der Waals surface area contributed by atoms with Gasteiger partial charge in [-0.2, -0.15) is 0 Å². The van der Waals surface area contributed by atoms with E-state index >= 15 is 0 Å². The molecule has 1 atom stereocenters. The van der Waals surface area contributed by atoms with Crippen molar-refractivity contribution in [1.82, 2.24) is 0 Å². The maximum atomic E-state index is 12.3. The van der Waals surface area contributed by atoms with E-state index in [2.05, 4.69) is 0 Å². The van der Waals surface area contributed by atoms with Gasteiger partial charge in [-0.25, -0.2) is 0 Å². The van der Waals surface area contributed by atoms with E-state index < -0.39 is 15.7 Å².